The lowest BCUT2D eigenvalue weighted by Crippen LogP contribution is -2.15. The van der Waals surface area contributed by atoms with Crippen molar-refractivity contribution >= 4 is 15.7 Å². The van der Waals surface area contributed by atoms with Gasteiger partial charge in [-0.1, -0.05) is 24.6 Å². The number of sulfonamides is 1. The van der Waals surface area contributed by atoms with Crippen LogP contribution in [-0.2, 0) is 10.0 Å². The van der Waals surface area contributed by atoms with Crippen molar-refractivity contribution in [1.82, 2.24) is 0 Å². The average molecular weight is 416 g/mol. The highest BCUT2D eigenvalue weighted by Crippen LogP contribution is 2.40. The molecule has 7 heteroatoms. The second kappa shape index (κ2) is 8.21. The third-order valence-corrected chi connectivity index (χ3v) is 6.17. The van der Waals surface area contributed by atoms with Gasteiger partial charge in [0, 0.05) is 12.0 Å². The summed E-state index contributed by atoms with van der Waals surface area (Å²) in [5.74, 6) is 2.25. The zero-order chi connectivity index (χ0) is 21.2. The standard InChI is InChI=1S/C22H25NO5S/c1-14-6-9-17(10-7-14)29(24,25)23-19-13-22(27-5)21(26-4)12-18(19)16(3)20-11-8-15(2)28-20/h6-13,16,23H,1-5H3. The number of anilines is 1. The minimum absolute atomic E-state index is 0.185. The summed E-state index contributed by atoms with van der Waals surface area (Å²) in [6.07, 6.45) is 0. The van der Waals surface area contributed by atoms with Crippen LogP contribution in [0, 0.1) is 13.8 Å². The molecule has 1 aromatic heterocycles. The van der Waals surface area contributed by atoms with E-state index in [0.717, 1.165) is 17.1 Å². The summed E-state index contributed by atoms with van der Waals surface area (Å²) in [7, 11) is -0.734. The van der Waals surface area contributed by atoms with Crippen molar-refractivity contribution in [2.75, 3.05) is 18.9 Å². The molecule has 0 amide bonds. The number of furan rings is 1. The van der Waals surface area contributed by atoms with Gasteiger partial charge < -0.3 is 13.9 Å². The third-order valence-electron chi connectivity index (χ3n) is 4.79. The molecule has 0 spiro atoms. The van der Waals surface area contributed by atoms with E-state index in [1.807, 2.05) is 32.9 Å². The van der Waals surface area contributed by atoms with Gasteiger partial charge in [-0.25, -0.2) is 8.42 Å². The molecule has 29 heavy (non-hydrogen) atoms. The maximum Gasteiger partial charge on any atom is 0.261 e. The molecular weight excluding hydrogens is 390 g/mol. The summed E-state index contributed by atoms with van der Waals surface area (Å²) in [4.78, 5) is 0.185. The second-order valence-corrected chi connectivity index (χ2v) is 8.57. The Hall–Kier alpha value is -2.93. The minimum atomic E-state index is -3.78. The molecule has 0 saturated heterocycles. The molecule has 0 aliphatic heterocycles. The lowest BCUT2D eigenvalue weighted by molar-refractivity contribution is 0.354. The largest absolute Gasteiger partial charge is 0.493 e. The molecule has 3 aromatic rings. The molecule has 2 aromatic carbocycles. The minimum Gasteiger partial charge on any atom is -0.493 e. The molecule has 0 fully saturated rings. The molecule has 1 atom stereocenters. The summed E-state index contributed by atoms with van der Waals surface area (Å²) in [6.45, 7) is 5.72. The summed E-state index contributed by atoms with van der Waals surface area (Å²) in [5.41, 5.74) is 2.11. The maximum absolute atomic E-state index is 13.0. The monoisotopic (exact) mass is 415 g/mol. The molecule has 1 heterocycles. The van der Waals surface area contributed by atoms with E-state index in [1.54, 1.807) is 43.5 Å². The van der Waals surface area contributed by atoms with Gasteiger partial charge in [-0.15, -0.1) is 0 Å². The Morgan fingerprint density at radius 1 is 0.931 bits per heavy atom. The molecule has 0 saturated carbocycles. The van der Waals surface area contributed by atoms with Crippen LogP contribution in [0.15, 0.2) is 57.8 Å². The second-order valence-electron chi connectivity index (χ2n) is 6.88. The Morgan fingerprint density at radius 2 is 1.55 bits per heavy atom. The zero-order valence-corrected chi connectivity index (χ0v) is 18.0. The molecule has 3 rings (SSSR count). The predicted molar refractivity (Wildman–Crippen MR) is 112 cm³/mol. The fraction of sp³-hybridized carbons (Fsp3) is 0.273. The Labute approximate surface area is 171 Å². The number of aryl methyl sites for hydroxylation is 2. The molecule has 1 unspecified atom stereocenters. The van der Waals surface area contributed by atoms with Crippen LogP contribution < -0.4 is 14.2 Å². The molecule has 0 aliphatic carbocycles. The Balaban J connectivity index is 2.09. The van der Waals surface area contributed by atoms with E-state index >= 15 is 0 Å². The first kappa shape index (κ1) is 20.8. The lowest BCUT2D eigenvalue weighted by Gasteiger charge is -2.19. The third kappa shape index (κ3) is 4.40. The van der Waals surface area contributed by atoms with Gasteiger partial charge in [0.25, 0.3) is 10.0 Å². The molecule has 0 aliphatic rings. The highest BCUT2D eigenvalue weighted by Gasteiger charge is 2.23. The van der Waals surface area contributed by atoms with Crippen molar-refractivity contribution in [3.8, 4) is 11.5 Å². The van der Waals surface area contributed by atoms with Crippen LogP contribution in [0.2, 0.25) is 0 Å². The predicted octanol–water partition coefficient (Wildman–Crippen LogP) is 4.87. The van der Waals surface area contributed by atoms with Crippen molar-refractivity contribution < 1.29 is 22.3 Å². The first-order valence-corrected chi connectivity index (χ1v) is 10.6. The number of nitrogens with one attached hydrogen (secondary N) is 1. The quantitative estimate of drug-likeness (QED) is 0.596. The number of hydrogen-bond donors (Lipinski definition) is 1. The van der Waals surface area contributed by atoms with Gasteiger partial charge in [-0.2, -0.15) is 0 Å². The van der Waals surface area contributed by atoms with Gasteiger partial charge in [-0.3, -0.25) is 4.72 Å². The molecule has 0 bridgehead atoms. The number of ether oxygens (including phenoxy) is 2. The number of methoxy groups -OCH3 is 2. The summed E-state index contributed by atoms with van der Waals surface area (Å²) >= 11 is 0. The number of benzene rings is 2. The van der Waals surface area contributed by atoms with Gasteiger partial charge in [0.15, 0.2) is 11.5 Å². The van der Waals surface area contributed by atoms with Gasteiger partial charge in [0.05, 0.1) is 24.8 Å². The van der Waals surface area contributed by atoms with E-state index in [-0.39, 0.29) is 10.8 Å². The van der Waals surface area contributed by atoms with Crippen LogP contribution in [0.25, 0.3) is 0 Å². The van der Waals surface area contributed by atoms with E-state index < -0.39 is 10.0 Å². The zero-order valence-electron chi connectivity index (χ0n) is 17.1. The maximum atomic E-state index is 13.0. The van der Waals surface area contributed by atoms with Crippen molar-refractivity contribution in [3.63, 3.8) is 0 Å². The topological polar surface area (TPSA) is 77.8 Å². The number of hydrogen-bond acceptors (Lipinski definition) is 5. The van der Waals surface area contributed by atoms with Crippen molar-refractivity contribution in [1.29, 1.82) is 0 Å². The molecular formula is C22H25NO5S. The molecule has 154 valence electrons. The van der Waals surface area contributed by atoms with Crippen molar-refractivity contribution in [2.45, 2.75) is 31.6 Å². The summed E-state index contributed by atoms with van der Waals surface area (Å²) in [5, 5.41) is 0. The summed E-state index contributed by atoms with van der Waals surface area (Å²) in [6, 6.07) is 13.9. The van der Waals surface area contributed by atoms with E-state index in [4.69, 9.17) is 13.9 Å². The first-order chi connectivity index (χ1) is 13.7. The van der Waals surface area contributed by atoms with Gasteiger partial charge in [0.2, 0.25) is 0 Å². The van der Waals surface area contributed by atoms with E-state index in [0.29, 0.717) is 22.7 Å². The molecule has 6 nitrogen and oxygen atoms in total. The highest BCUT2D eigenvalue weighted by molar-refractivity contribution is 7.92. The van der Waals surface area contributed by atoms with Crippen LogP contribution in [0.4, 0.5) is 5.69 Å². The van der Waals surface area contributed by atoms with E-state index in [2.05, 4.69) is 4.72 Å². The Bertz CT molecular complexity index is 1100. The normalized spacial score (nSPS) is 12.4. The fourth-order valence-electron chi connectivity index (χ4n) is 3.10. The van der Waals surface area contributed by atoms with Crippen molar-refractivity contribution in [3.05, 3.63) is 71.2 Å². The van der Waals surface area contributed by atoms with Crippen LogP contribution in [0.5, 0.6) is 11.5 Å². The van der Waals surface area contributed by atoms with Crippen LogP contribution in [-0.4, -0.2) is 22.6 Å². The Morgan fingerprint density at radius 3 is 2.10 bits per heavy atom. The van der Waals surface area contributed by atoms with Crippen LogP contribution in [0.1, 0.15) is 35.5 Å². The Kier molecular flexibility index (Phi) is 5.88. The SMILES string of the molecule is COc1cc(NS(=O)(=O)c2ccc(C)cc2)c(C(C)c2ccc(C)o2)cc1OC. The summed E-state index contributed by atoms with van der Waals surface area (Å²) < 4.78 is 45.2. The van der Waals surface area contributed by atoms with Gasteiger partial charge in [-0.05, 0) is 49.7 Å². The van der Waals surface area contributed by atoms with E-state index in [9.17, 15) is 8.42 Å². The molecule has 0 radical (unpaired) electrons. The lowest BCUT2D eigenvalue weighted by atomic mass is 9.96. The number of rotatable bonds is 7. The fourth-order valence-corrected chi connectivity index (χ4v) is 4.18. The van der Waals surface area contributed by atoms with Crippen LogP contribution in [0.3, 0.4) is 0 Å². The first-order valence-electron chi connectivity index (χ1n) is 9.17. The van der Waals surface area contributed by atoms with Crippen LogP contribution >= 0.6 is 0 Å². The van der Waals surface area contributed by atoms with Crippen molar-refractivity contribution in [2.24, 2.45) is 0 Å². The van der Waals surface area contributed by atoms with Gasteiger partial charge in [0.1, 0.15) is 11.5 Å². The smallest absolute Gasteiger partial charge is 0.261 e. The highest BCUT2D eigenvalue weighted by atomic mass is 32.2. The molecule has 1 N–H and O–H groups in total. The van der Waals surface area contributed by atoms with E-state index in [1.165, 1.54) is 7.11 Å². The van der Waals surface area contributed by atoms with Gasteiger partial charge >= 0.3 is 0 Å². The average Bonchev–Trinajstić information content (AvgIpc) is 3.13.